The Labute approximate surface area is 126 Å². The number of nitrogens with zero attached hydrogens (tertiary/aromatic N) is 2. The summed E-state index contributed by atoms with van der Waals surface area (Å²) in [5, 5.41) is 4.41. The van der Waals surface area contributed by atoms with Crippen molar-refractivity contribution in [2.75, 3.05) is 0 Å². The van der Waals surface area contributed by atoms with Crippen LogP contribution in [0.3, 0.4) is 0 Å². The zero-order valence-electron chi connectivity index (χ0n) is 10.7. The summed E-state index contributed by atoms with van der Waals surface area (Å²) in [5.74, 6) is 0.141. The van der Waals surface area contributed by atoms with Crippen LogP contribution < -0.4 is 0 Å². The predicted molar refractivity (Wildman–Crippen MR) is 78.3 cm³/mol. The molecule has 1 fully saturated rings. The van der Waals surface area contributed by atoms with Gasteiger partial charge in [-0.2, -0.15) is 5.10 Å². The molecule has 1 aliphatic carbocycles. The molecule has 0 bridgehead atoms. The highest BCUT2D eigenvalue weighted by Gasteiger charge is 2.36. The number of hydrogen-bond donors (Lipinski definition) is 0. The summed E-state index contributed by atoms with van der Waals surface area (Å²) in [6.07, 6.45) is 1.83. The van der Waals surface area contributed by atoms with Crippen molar-refractivity contribution in [3.8, 4) is 5.69 Å². The SMILES string of the molecule is Cc1ccc(-n2nc(C3CC3)c(S(=O)(=O)Cl)c2Cl)cc1. The van der Waals surface area contributed by atoms with Crippen LogP contribution in [0.2, 0.25) is 5.15 Å². The summed E-state index contributed by atoms with van der Waals surface area (Å²) < 4.78 is 24.9. The predicted octanol–water partition coefficient (Wildman–Crippen LogP) is 3.64. The van der Waals surface area contributed by atoms with Gasteiger partial charge in [-0.3, -0.25) is 0 Å². The molecule has 2 aromatic rings. The van der Waals surface area contributed by atoms with Gasteiger partial charge in [0.05, 0.1) is 11.4 Å². The summed E-state index contributed by atoms with van der Waals surface area (Å²) in [7, 11) is 1.59. The van der Waals surface area contributed by atoms with Gasteiger partial charge >= 0.3 is 0 Å². The van der Waals surface area contributed by atoms with E-state index in [9.17, 15) is 8.42 Å². The van der Waals surface area contributed by atoms with Gasteiger partial charge in [0.15, 0.2) is 5.15 Å². The summed E-state index contributed by atoms with van der Waals surface area (Å²) >= 11 is 6.20. The molecule has 106 valence electrons. The van der Waals surface area contributed by atoms with Crippen molar-refractivity contribution < 1.29 is 8.42 Å². The first kappa shape index (κ1) is 13.9. The quantitative estimate of drug-likeness (QED) is 0.807. The monoisotopic (exact) mass is 330 g/mol. The van der Waals surface area contributed by atoms with Crippen molar-refractivity contribution in [2.45, 2.75) is 30.6 Å². The van der Waals surface area contributed by atoms with Crippen LogP contribution >= 0.6 is 22.3 Å². The van der Waals surface area contributed by atoms with E-state index >= 15 is 0 Å². The average molecular weight is 331 g/mol. The van der Waals surface area contributed by atoms with Gasteiger partial charge in [0.2, 0.25) is 0 Å². The van der Waals surface area contributed by atoms with Crippen molar-refractivity contribution in [2.24, 2.45) is 0 Å². The number of rotatable bonds is 3. The third-order valence-electron chi connectivity index (χ3n) is 3.30. The minimum Gasteiger partial charge on any atom is -0.220 e. The molecule has 0 N–H and O–H groups in total. The minimum absolute atomic E-state index is 0.0470. The maximum atomic E-state index is 11.7. The third-order valence-corrected chi connectivity index (χ3v) is 5.11. The molecule has 3 rings (SSSR count). The van der Waals surface area contributed by atoms with Crippen LogP contribution in [-0.4, -0.2) is 18.2 Å². The molecular formula is C13H12Cl2N2O2S. The zero-order chi connectivity index (χ0) is 14.5. The van der Waals surface area contributed by atoms with Gasteiger partial charge in [-0.25, -0.2) is 13.1 Å². The number of halogens is 2. The number of aromatic nitrogens is 2. The van der Waals surface area contributed by atoms with Gasteiger partial charge in [-0.05, 0) is 31.9 Å². The molecule has 4 nitrogen and oxygen atoms in total. The van der Waals surface area contributed by atoms with E-state index in [1.807, 2.05) is 31.2 Å². The highest BCUT2D eigenvalue weighted by molar-refractivity contribution is 8.13. The largest absolute Gasteiger partial charge is 0.266 e. The van der Waals surface area contributed by atoms with Crippen LogP contribution in [0.4, 0.5) is 0 Å². The van der Waals surface area contributed by atoms with Crippen molar-refractivity contribution in [3.05, 3.63) is 40.7 Å². The Balaban J connectivity index is 2.20. The van der Waals surface area contributed by atoms with E-state index in [1.54, 1.807) is 0 Å². The van der Waals surface area contributed by atoms with Gasteiger partial charge in [0.1, 0.15) is 4.90 Å². The summed E-state index contributed by atoms with van der Waals surface area (Å²) in [5.41, 5.74) is 2.30. The second kappa shape index (κ2) is 4.76. The van der Waals surface area contributed by atoms with Crippen molar-refractivity contribution in [1.29, 1.82) is 0 Å². The highest BCUT2D eigenvalue weighted by Crippen LogP contribution is 2.45. The van der Waals surface area contributed by atoms with E-state index in [4.69, 9.17) is 22.3 Å². The molecule has 0 spiro atoms. The van der Waals surface area contributed by atoms with Crippen LogP contribution in [0.25, 0.3) is 5.69 Å². The molecule has 0 radical (unpaired) electrons. The van der Waals surface area contributed by atoms with Crippen LogP contribution in [0.1, 0.15) is 30.0 Å². The second-order valence-electron chi connectivity index (χ2n) is 4.96. The molecule has 1 saturated carbocycles. The number of benzene rings is 1. The Morgan fingerprint density at radius 1 is 1.25 bits per heavy atom. The molecule has 0 amide bonds. The van der Waals surface area contributed by atoms with Crippen LogP contribution in [0.15, 0.2) is 29.2 Å². The first-order chi connectivity index (χ1) is 9.38. The highest BCUT2D eigenvalue weighted by atomic mass is 35.7. The maximum absolute atomic E-state index is 11.7. The topological polar surface area (TPSA) is 52.0 Å². The van der Waals surface area contributed by atoms with E-state index in [-0.39, 0.29) is 16.0 Å². The van der Waals surface area contributed by atoms with Crippen LogP contribution in [-0.2, 0) is 9.05 Å². The van der Waals surface area contributed by atoms with E-state index < -0.39 is 9.05 Å². The Kier molecular flexibility index (Phi) is 3.31. The Morgan fingerprint density at radius 2 is 1.85 bits per heavy atom. The van der Waals surface area contributed by atoms with Gasteiger partial charge in [0, 0.05) is 16.6 Å². The summed E-state index contributed by atoms with van der Waals surface area (Å²) in [6.45, 7) is 1.97. The molecule has 1 heterocycles. The molecule has 20 heavy (non-hydrogen) atoms. The zero-order valence-corrected chi connectivity index (χ0v) is 13.0. The smallest absolute Gasteiger partial charge is 0.220 e. The van der Waals surface area contributed by atoms with Crippen molar-refractivity contribution in [3.63, 3.8) is 0 Å². The fourth-order valence-electron chi connectivity index (χ4n) is 2.11. The molecule has 1 aromatic heterocycles. The molecule has 0 aliphatic heterocycles. The van der Waals surface area contributed by atoms with E-state index in [0.717, 1.165) is 18.4 Å². The summed E-state index contributed by atoms with van der Waals surface area (Å²) in [6, 6.07) is 7.52. The van der Waals surface area contributed by atoms with Gasteiger partial charge in [0.25, 0.3) is 9.05 Å². The third kappa shape index (κ3) is 2.45. The van der Waals surface area contributed by atoms with E-state index in [0.29, 0.717) is 11.4 Å². The lowest BCUT2D eigenvalue weighted by atomic mass is 10.2. The summed E-state index contributed by atoms with van der Waals surface area (Å²) in [4.78, 5) is -0.0519. The maximum Gasteiger partial charge on any atom is 0.266 e. The Morgan fingerprint density at radius 3 is 2.35 bits per heavy atom. The standard InChI is InChI=1S/C13H12Cl2N2O2S/c1-8-2-6-10(7-3-8)17-13(14)12(20(15,18)19)11(16-17)9-4-5-9/h2-3,6-7,9H,4-5H2,1H3. The van der Waals surface area contributed by atoms with Crippen LogP contribution in [0, 0.1) is 6.92 Å². The van der Waals surface area contributed by atoms with Gasteiger partial charge < -0.3 is 0 Å². The normalized spacial score (nSPS) is 15.6. The lowest BCUT2D eigenvalue weighted by Crippen LogP contribution is -1.97. The van der Waals surface area contributed by atoms with Crippen molar-refractivity contribution >= 4 is 31.3 Å². The molecule has 1 aromatic carbocycles. The van der Waals surface area contributed by atoms with Gasteiger partial charge in [-0.1, -0.05) is 29.3 Å². The molecule has 7 heteroatoms. The van der Waals surface area contributed by atoms with Crippen molar-refractivity contribution in [1.82, 2.24) is 9.78 Å². The fraction of sp³-hybridized carbons (Fsp3) is 0.308. The molecule has 0 atom stereocenters. The average Bonchev–Trinajstić information content (AvgIpc) is 3.13. The molecule has 0 unspecified atom stereocenters. The second-order valence-corrected chi connectivity index (χ2v) is 7.83. The Bertz CT molecular complexity index is 762. The van der Waals surface area contributed by atoms with Crippen LogP contribution in [0.5, 0.6) is 0 Å². The lowest BCUT2D eigenvalue weighted by molar-refractivity contribution is 0.608. The number of hydrogen-bond acceptors (Lipinski definition) is 3. The Hall–Kier alpha value is -1.04. The molecule has 1 aliphatic rings. The minimum atomic E-state index is -3.91. The van der Waals surface area contributed by atoms with E-state index in [1.165, 1.54) is 4.68 Å². The fourth-order valence-corrected chi connectivity index (χ4v) is 3.96. The molecule has 0 saturated heterocycles. The number of aryl methyl sites for hydroxylation is 1. The van der Waals surface area contributed by atoms with E-state index in [2.05, 4.69) is 5.10 Å². The first-order valence-corrected chi connectivity index (χ1v) is 8.87. The lowest BCUT2D eigenvalue weighted by Gasteiger charge is -2.03. The first-order valence-electron chi connectivity index (χ1n) is 6.18. The van der Waals surface area contributed by atoms with Gasteiger partial charge in [-0.15, -0.1) is 0 Å². The molecular weight excluding hydrogens is 319 g/mol.